The molecule has 1 atom stereocenters. The van der Waals surface area contributed by atoms with E-state index in [1.807, 2.05) is 0 Å². The smallest absolute Gasteiger partial charge is 0.232 e. The van der Waals surface area contributed by atoms with Crippen molar-refractivity contribution in [3.8, 4) is 23.0 Å². The summed E-state index contributed by atoms with van der Waals surface area (Å²) >= 11 is 0. The number of aryl methyl sites for hydroxylation is 1. The maximum Gasteiger partial charge on any atom is 0.232 e. The van der Waals surface area contributed by atoms with Gasteiger partial charge in [-0.05, 0) is 31.5 Å². The first kappa shape index (κ1) is 21.9. The van der Waals surface area contributed by atoms with E-state index >= 15 is 0 Å². The van der Waals surface area contributed by atoms with Gasteiger partial charge in [-0.25, -0.2) is 4.98 Å². The van der Waals surface area contributed by atoms with Crippen molar-refractivity contribution >= 4 is 16.7 Å². The van der Waals surface area contributed by atoms with Crippen molar-refractivity contribution in [2.45, 2.75) is 19.1 Å². The second kappa shape index (κ2) is 10.8. The van der Waals surface area contributed by atoms with Gasteiger partial charge >= 0.3 is 0 Å². The Hall–Kier alpha value is -2.39. The summed E-state index contributed by atoms with van der Waals surface area (Å²) in [7, 11) is 3.34. The molecule has 9 heteroatoms. The van der Waals surface area contributed by atoms with Gasteiger partial charge in [0.25, 0.3) is 0 Å². The zero-order chi connectivity index (χ0) is 20.5. The van der Waals surface area contributed by atoms with Crippen LogP contribution < -0.4 is 14.8 Å². The van der Waals surface area contributed by atoms with Crippen LogP contribution in [0.1, 0.15) is 17.9 Å². The van der Waals surface area contributed by atoms with Gasteiger partial charge in [-0.3, -0.25) is 9.00 Å². The zero-order valence-electron chi connectivity index (χ0n) is 16.6. The van der Waals surface area contributed by atoms with Crippen LogP contribution in [-0.4, -0.2) is 55.3 Å². The highest BCUT2D eigenvalue weighted by atomic mass is 32.2. The fourth-order valence-electron chi connectivity index (χ4n) is 2.50. The minimum absolute atomic E-state index is 0.0784. The van der Waals surface area contributed by atoms with Gasteiger partial charge in [-0.2, -0.15) is 0 Å². The fourth-order valence-corrected chi connectivity index (χ4v) is 3.57. The molecule has 0 aliphatic rings. The van der Waals surface area contributed by atoms with Crippen molar-refractivity contribution in [3.63, 3.8) is 0 Å². The summed E-state index contributed by atoms with van der Waals surface area (Å²) in [5.74, 6) is 1.95. The molecule has 0 spiro atoms. The van der Waals surface area contributed by atoms with Crippen LogP contribution in [0.5, 0.6) is 11.5 Å². The predicted octanol–water partition coefficient (Wildman–Crippen LogP) is 2.07. The number of ether oxygens (including phenoxy) is 3. The van der Waals surface area contributed by atoms with Crippen molar-refractivity contribution in [2.24, 2.45) is 0 Å². The number of rotatable bonds is 11. The number of carbonyl (C=O) groups excluding carboxylic acids is 1. The monoisotopic (exact) mass is 410 g/mol. The van der Waals surface area contributed by atoms with Gasteiger partial charge in [0.05, 0.1) is 25.7 Å². The quantitative estimate of drug-likeness (QED) is 0.566. The molecule has 28 heavy (non-hydrogen) atoms. The molecular formula is C19H26N2O6S. The Morgan fingerprint density at radius 3 is 2.64 bits per heavy atom. The number of carbonyl (C=O) groups is 1. The Morgan fingerprint density at radius 2 is 1.96 bits per heavy atom. The Kier molecular flexibility index (Phi) is 8.46. The first-order valence-corrected chi connectivity index (χ1v) is 10.3. The number of nitrogens with zero attached hydrogens (tertiary/aromatic N) is 1. The van der Waals surface area contributed by atoms with E-state index in [4.69, 9.17) is 18.6 Å². The molecule has 0 unspecified atom stereocenters. The number of oxazole rings is 1. The largest absolute Gasteiger partial charge is 0.493 e. The molecule has 1 aromatic heterocycles. The third-order valence-electron chi connectivity index (χ3n) is 3.96. The van der Waals surface area contributed by atoms with E-state index in [-0.39, 0.29) is 17.4 Å². The maximum atomic E-state index is 12.3. The summed E-state index contributed by atoms with van der Waals surface area (Å²) < 4.78 is 33.5. The molecule has 1 N–H and O–H groups in total. The van der Waals surface area contributed by atoms with Crippen LogP contribution >= 0.6 is 0 Å². The van der Waals surface area contributed by atoms with E-state index in [9.17, 15) is 9.00 Å². The number of methoxy groups -OCH3 is 3. The molecule has 1 heterocycles. The van der Waals surface area contributed by atoms with Gasteiger partial charge in [0.15, 0.2) is 11.5 Å². The Labute approximate surface area is 167 Å². The summed E-state index contributed by atoms with van der Waals surface area (Å²) in [5, 5.41) is 2.72. The highest BCUT2D eigenvalue weighted by molar-refractivity contribution is 7.84. The third-order valence-corrected chi connectivity index (χ3v) is 5.14. The van der Waals surface area contributed by atoms with Crippen molar-refractivity contribution in [1.29, 1.82) is 0 Å². The first-order valence-electron chi connectivity index (χ1n) is 8.77. The number of hydrogen-bond donors (Lipinski definition) is 1. The summed E-state index contributed by atoms with van der Waals surface area (Å²) in [6, 6.07) is 5.33. The Morgan fingerprint density at radius 1 is 1.21 bits per heavy atom. The minimum Gasteiger partial charge on any atom is -0.493 e. The molecule has 0 saturated carbocycles. The highest BCUT2D eigenvalue weighted by Crippen LogP contribution is 2.32. The lowest BCUT2D eigenvalue weighted by atomic mass is 10.2. The molecule has 0 aliphatic carbocycles. The average molecular weight is 410 g/mol. The van der Waals surface area contributed by atoms with E-state index in [1.54, 1.807) is 46.5 Å². The van der Waals surface area contributed by atoms with E-state index < -0.39 is 10.8 Å². The summed E-state index contributed by atoms with van der Waals surface area (Å²) in [6.45, 7) is 2.82. The number of aromatic nitrogens is 1. The summed E-state index contributed by atoms with van der Waals surface area (Å²) in [4.78, 5) is 16.3. The number of nitrogens with one attached hydrogen (secondary N) is 1. The average Bonchev–Trinajstić information content (AvgIpc) is 3.04. The molecule has 1 amide bonds. The molecule has 0 saturated heterocycles. The van der Waals surface area contributed by atoms with Gasteiger partial charge in [-0.15, -0.1) is 0 Å². The van der Waals surface area contributed by atoms with Gasteiger partial charge in [0.2, 0.25) is 11.8 Å². The fraction of sp³-hybridized carbons (Fsp3) is 0.474. The number of hydrogen-bond acceptors (Lipinski definition) is 7. The highest BCUT2D eigenvalue weighted by Gasteiger charge is 2.17. The van der Waals surface area contributed by atoms with E-state index in [1.165, 1.54) is 0 Å². The van der Waals surface area contributed by atoms with Crippen LogP contribution in [-0.2, 0) is 26.1 Å². The van der Waals surface area contributed by atoms with Crippen molar-refractivity contribution in [3.05, 3.63) is 29.7 Å². The molecule has 8 nitrogen and oxygen atoms in total. The molecule has 154 valence electrons. The van der Waals surface area contributed by atoms with E-state index in [0.29, 0.717) is 54.0 Å². The van der Waals surface area contributed by atoms with Crippen LogP contribution in [0, 0.1) is 6.92 Å². The Bertz CT molecular complexity index is 821. The van der Waals surface area contributed by atoms with Crippen LogP contribution in [0.4, 0.5) is 0 Å². The lowest BCUT2D eigenvalue weighted by Crippen LogP contribution is -2.30. The normalized spacial score (nSPS) is 11.9. The molecule has 0 radical (unpaired) electrons. The number of amides is 1. The van der Waals surface area contributed by atoms with Gasteiger partial charge in [-0.1, -0.05) is 0 Å². The van der Waals surface area contributed by atoms with Gasteiger partial charge in [0, 0.05) is 36.6 Å². The topological polar surface area (TPSA) is 99.9 Å². The second-order valence-electron chi connectivity index (χ2n) is 6.02. The van der Waals surface area contributed by atoms with Crippen molar-refractivity contribution in [1.82, 2.24) is 10.3 Å². The van der Waals surface area contributed by atoms with Gasteiger partial charge in [0.1, 0.15) is 11.5 Å². The second-order valence-corrected chi connectivity index (χ2v) is 7.47. The van der Waals surface area contributed by atoms with Crippen LogP contribution in [0.15, 0.2) is 22.6 Å². The molecular weight excluding hydrogens is 384 g/mol. The standard InChI is InChI=1S/C19H26N2O6S/c1-13-15(11-28(23)12-18(22)20-8-5-9-24-2)21-19(27-13)14-6-7-16(25-3)17(10-14)26-4/h6-7,10H,5,8-9,11-12H2,1-4H3,(H,20,22)/t28-/m1/s1. The molecule has 2 rings (SSSR count). The predicted molar refractivity (Wildman–Crippen MR) is 106 cm³/mol. The van der Waals surface area contributed by atoms with Crippen LogP contribution in [0.25, 0.3) is 11.5 Å². The molecule has 1 aromatic carbocycles. The summed E-state index contributed by atoms with van der Waals surface area (Å²) in [6.07, 6.45) is 0.714. The lowest BCUT2D eigenvalue weighted by Gasteiger charge is -2.07. The van der Waals surface area contributed by atoms with Crippen molar-refractivity contribution < 1.29 is 27.6 Å². The molecule has 0 aliphatic heterocycles. The minimum atomic E-state index is -1.38. The SMILES string of the molecule is COCCCNC(=O)C[S@](=O)Cc1nc(-c2ccc(OC)c(OC)c2)oc1C. The van der Waals surface area contributed by atoms with Crippen molar-refractivity contribution in [2.75, 3.05) is 40.2 Å². The zero-order valence-corrected chi connectivity index (χ0v) is 17.4. The lowest BCUT2D eigenvalue weighted by molar-refractivity contribution is -0.118. The van der Waals surface area contributed by atoms with Crippen LogP contribution in [0.3, 0.4) is 0 Å². The van der Waals surface area contributed by atoms with E-state index in [2.05, 4.69) is 10.3 Å². The summed E-state index contributed by atoms with van der Waals surface area (Å²) in [5.41, 5.74) is 1.28. The first-order chi connectivity index (χ1) is 13.5. The number of benzene rings is 1. The maximum absolute atomic E-state index is 12.3. The van der Waals surface area contributed by atoms with E-state index in [0.717, 1.165) is 0 Å². The Balaban J connectivity index is 2.00. The van der Waals surface area contributed by atoms with Gasteiger partial charge < -0.3 is 23.9 Å². The molecule has 0 fully saturated rings. The molecule has 0 bridgehead atoms. The third kappa shape index (κ3) is 6.07. The molecule has 2 aromatic rings. The van der Waals surface area contributed by atoms with Crippen LogP contribution in [0.2, 0.25) is 0 Å².